The summed E-state index contributed by atoms with van der Waals surface area (Å²) in [4.78, 5) is 25.6. The Morgan fingerprint density at radius 3 is 2.34 bits per heavy atom. The molecule has 1 aliphatic rings. The molecule has 32 heavy (non-hydrogen) atoms. The maximum atomic E-state index is 12.2. The first-order valence-corrected chi connectivity index (χ1v) is 11.0. The van der Waals surface area contributed by atoms with E-state index in [4.69, 9.17) is 4.74 Å². The Labute approximate surface area is 189 Å². The van der Waals surface area contributed by atoms with Gasteiger partial charge in [-0.3, -0.25) is 19.8 Å². The second-order valence-corrected chi connectivity index (χ2v) is 8.74. The van der Waals surface area contributed by atoms with Crippen molar-refractivity contribution < 1.29 is 14.5 Å². The summed E-state index contributed by atoms with van der Waals surface area (Å²) in [6, 6.07) is 12.7. The Hall–Kier alpha value is -2.97. The molecule has 2 N–H and O–H groups in total. The van der Waals surface area contributed by atoms with Crippen molar-refractivity contribution >= 4 is 17.3 Å². The highest BCUT2D eigenvalue weighted by Gasteiger charge is 2.22. The molecule has 8 heteroatoms. The molecule has 2 unspecified atom stereocenters. The molecule has 0 spiro atoms. The SMILES string of the molecule is CC(C)NC(=O)c1ccc(NCc2ccc(CN3CC(C)OC(C)C3)cc2)c([N+](=O)[O-])c1. The van der Waals surface area contributed by atoms with Crippen LogP contribution in [0.15, 0.2) is 42.5 Å². The maximum absolute atomic E-state index is 12.2. The first-order chi connectivity index (χ1) is 15.2. The first kappa shape index (κ1) is 23.7. The van der Waals surface area contributed by atoms with Crippen molar-refractivity contribution in [1.82, 2.24) is 10.2 Å². The van der Waals surface area contributed by atoms with Crippen LogP contribution in [0.2, 0.25) is 0 Å². The molecular formula is C24H32N4O4. The van der Waals surface area contributed by atoms with Crippen LogP contribution in [0.3, 0.4) is 0 Å². The molecule has 172 valence electrons. The number of morpholine rings is 1. The van der Waals surface area contributed by atoms with E-state index in [1.807, 2.05) is 26.0 Å². The molecule has 1 fully saturated rings. The third-order valence-corrected chi connectivity index (χ3v) is 5.28. The van der Waals surface area contributed by atoms with Gasteiger partial charge in [-0.05, 0) is 51.0 Å². The summed E-state index contributed by atoms with van der Waals surface area (Å²) >= 11 is 0. The Bertz CT molecular complexity index is 936. The third kappa shape index (κ3) is 6.51. The molecule has 1 saturated heterocycles. The summed E-state index contributed by atoms with van der Waals surface area (Å²) in [7, 11) is 0. The molecule has 8 nitrogen and oxygen atoms in total. The van der Waals surface area contributed by atoms with Gasteiger partial charge in [-0.2, -0.15) is 0 Å². The van der Waals surface area contributed by atoms with Crippen LogP contribution >= 0.6 is 0 Å². The van der Waals surface area contributed by atoms with Crippen LogP contribution in [0.5, 0.6) is 0 Å². The summed E-state index contributed by atoms with van der Waals surface area (Å²) in [6.45, 7) is 11.0. The van der Waals surface area contributed by atoms with E-state index in [1.54, 1.807) is 12.1 Å². The predicted molar refractivity (Wildman–Crippen MR) is 125 cm³/mol. The number of rotatable bonds is 8. The highest BCUT2D eigenvalue weighted by atomic mass is 16.6. The zero-order chi connectivity index (χ0) is 23.3. The van der Waals surface area contributed by atoms with Gasteiger partial charge in [0.1, 0.15) is 5.69 Å². The number of amides is 1. The van der Waals surface area contributed by atoms with Crippen LogP contribution in [0, 0.1) is 10.1 Å². The van der Waals surface area contributed by atoms with E-state index in [-0.39, 0.29) is 35.4 Å². The molecule has 0 radical (unpaired) electrons. The molecule has 0 saturated carbocycles. The number of nitro benzene ring substituents is 1. The van der Waals surface area contributed by atoms with Crippen molar-refractivity contribution in [1.29, 1.82) is 0 Å². The van der Waals surface area contributed by atoms with Crippen LogP contribution in [0.4, 0.5) is 11.4 Å². The van der Waals surface area contributed by atoms with E-state index in [1.165, 1.54) is 11.6 Å². The van der Waals surface area contributed by atoms with Crippen molar-refractivity contribution in [2.45, 2.75) is 59.0 Å². The lowest BCUT2D eigenvalue weighted by atomic mass is 10.1. The molecule has 2 aromatic rings. The Balaban J connectivity index is 1.62. The fraction of sp³-hybridized carbons (Fsp3) is 0.458. The maximum Gasteiger partial charge on any atom is 0.293 e. The highest BCUT2D eigenvalue weighted by Crippen LogP contribution is 2.26. The van der Waals surface area contributed by atoms with Gasteiger partial charge >= 0.3 is 0 Å². The van der Waals surface area contributed by atoms with Gasteiger partial charge in [0.2, 0.25) is 0 Å². The molecule has 0 bridgehead atoms. The first-order valence-electron chi connectivity index (χ1n) is 11.0. The second-order valence-electron chi connectivity index (χ2n) is 8.74. The minimum Gasteiger partial charge on any atom is -0.375 e. The number of hydrogen-bond acceptors (Lipinski definition) is 6. The standard InChI is InChI=1S/C24H32N4O4/c1-16(2)26-24(29)21-9-10-22(23(11-21)28(30)31)25-12-19-5-7-20(8-6-19)15-27-13-17(3)32-18(4)14-27/h5-11,16-18,25H,12-15H2,1-4H3,(H,26,29). The number of carbonyl (C=O) groups is 1. The van der Waals surface area contributed by atoms with E-state index in [2.05, 4.69) is 41.5 Å². The number of benzene rings is 2. The molecule has 3 rings (SSSR count). The third-order valence-electron chi connectivity index (χ3n) is 5.28. The van der Waals surface area contributed by atoms with E-state index >= 15 is 0 Å². The molecule has 0 aliphatic carbocycles. The van der Waals surface area contributed by atoms with E-state index in [0.717, 1.165) is 25.2 Å². The van der Waals surface area contributed by atoms with Crippen LogP contribution in [-0.4, -0.2) is 47.1 Å². The number of nitrogens with zero attached hydrogens (tertiary/aromatic N) is 2. The van der Waals surface area contributed by atoms with Crippen molar-refractivity contribution in [2.24, 2.45) is 0 Å². The lowest BCUT2D eigenvalue weighted by Crippen LogP contribution is -2.44. The highest BCUT2D eigenvalue weighted by molar-refractivity contribution is 5.95. The van der Waals surface area contributed by atoms with Crippen molar-refractivity contribution in [3.8, 4) is 0 Å². The van der Waals surface area contributed by atoms with Crippen LogP contribution in [0.25, 0.3) is 0 Å². The van der Waals surface area contributed by atoms with Gasteiger partial charge in [-0.15, -0.1) is 0 Å². The van der Waals surface area contributed by atoms with Gasteiger partial charge in [-0.25, -0.2) is 0 Å². The summed E-state index contributed by atoms with van der Waals surface area (Å²) in [6.07, 6.45) is 0.474. The van der Waals surface area contributed by atoms with E-state index in [0.29, 0.717) is 12.2 Å². The minimum atomic E-state index is -0.470. The Morgan fingerprint density at radius 1 is 1.12 bits per heavy atom. The zero-order valence-corrected chi connectivity index (χ0v) is 19.1. The molecule has 1 aliphatic heterocycles. The predicted octanol–water partition coefficient (Wildman–Crippen LogP) is 3.95. The topological polar surface area (TPSA) is 96.7 Å². The van der Waals surface area contributed by atoms with Gasteiger partial charge < -0.3 is 15.4 Å². The summed E-state index contributed by atoms with van der Waals surface area (Å²) < 4.78 is 5.79. The lowest BCUT2D eigenvalue weighted by molar-refractivity contribution is -0.384. The monoisotopic (exact) mass is 440 g/mol. The van der Waals surface area contributed by atoms with Crippen molar-refractivity contribution in [2.75, 3.05) is 18.4 Å². The van der Waals surface area contributed by atoms with E-state index in [9.17, 15) is 14.9 Å². The average molecular weight is 441 g/mol. The number of anilines is 1. The molecule has 0 aromatic heterocycles. The fourth-order valence-electron chi connectivity index (χ4n) is 3.95. The van der Waals surface area contributed by atoms with Gasteiger partial charge in [0.05, 0.1) is 17.1 Å². The van der Waals surface area contributed by atoms with E-state index < -0.39 is 4.92 Å². The number of nitro groups is 1. The Morgan fingerprint density at radius 2 is 1.75 bits per heavy atom. The van der Waals surface area contributed by atoms with Crippen molar-refractivity contribution in [3.05, 3.63) is 69.3 Å². The van der Waals surface area contributed by atoms with Gasteiger partial charge in [-0.1, -0.05) is 24.3 Å². The smallest absolute Gasteiger partial charge is 0.293 e. The van der Waals surface area contributed by atoms with Crippen molar-refractivity contribution in [3.63, 3.8) is 0 Å². The van der Waals surface area contributed by atoms with Gasteiger partial charge in [0, 0.05) is 43.9 Å². The second kappa shape index (κ2) is 10.6. The quantitative estimate of drug-likeness (QED) is 0.477. The van der Waals surface area contributed by atoms with Gasteiger partial charge in [0.15, 0.2) is 0 Å². The summed E-state index contributed by atoms with van der Waals surface area (Å²) in [5.41, 5.74) is 2.78. The number of hydrogen-bond donors (Lipinski definition) is 2. The summed E-state index contributed by atoms with van der Waals surface area (Å²) in [5.74, 6) is -0.325. The summed E-state index contributed by atoms with van der Waals surface area (Å²) in [5, 5.41) is 17.4. The van der Waals surface area contributed by atoms with Crippen LogP contribution in [0.1, 0.15) is 49.2 Å². The molecule has 2 atom stereocenters. The molecular weight excluding hydrogens is 408 g/mol. The molecule has 2 aromatic carbocycles. The minimum absolute atomic E-state index is 0.0441. The van der Waals surface area contributed by atoms with Gasteiger partial charge in [0.25, 0.3) is 11.6 Å². The largest absolute Gasteiger partial charge is 0.375 e. The number of carbonyl (C=O) groups excluding carboxylic acids is 1. The normalized spacial score (nSPS) is 19.0. The Kier molecular flexibility index (Phi) is 7.82. The number of nitrogens with one attached hydrogen (secondary N) is 2. The van der Waals surface area contributed by atoms with Crippen LogP contribution in [-0.2, 0) is 17.8 Å². The fourth-order valence-corrected chi connectivity index (χ4v) is 3.95. The molecule has 1 amide bonds. The average Bonchev–Trinajstić information content (AvgIpc) is 2.72. The van der Waals surface area contributed by atoms with Crippen LogP contribution < -0.4 is 10.6 Å². The zero-order valence-electron chi connectivity index (χ0n) is 19.1. The number of ether oxygens (including phenoxy) is 1. The molecule has 1 heterocycles. The lowest BCUT2D eigenvalue weighted by Gasteiger charge is -2.35.